The number of hydrogen-bond donors (Lipinski definition) is 2. The molecule has 8 heteroatoms. The van der Waals surface area contributed by atoms with Crippen molar-refractivity contribution in [2.75, 3.05) is 5.32 Å². The summed E-state index contributed by atoms with van der Waals surface area (Å²) in [5.74, 6) is 1.99. The van der Waals surface area contributed by atoms with Gasteiger partial charge in [0.15, 0.2) is 5.13 Å². The number of ketones is 1. The van der Waals surface area contributed by atoms with Crippen LogP contribution in [0.25, 0.3) is 0 Å². The Morgan fingerprint density at radius 2 is 2.15 bits per heavy atom. The van der Waals surface area contributed by atoms with Gasteiger partial charge in [-0.1, -0.05) is 6.92 Å². The van der Waals surface area contributed by atoms with Crippen molar-refractivity contribution in [2.24, 2.45) is 23.2 Å². The Morgan fingerprint density at radius 1 is 1.36 bits per heavy atom. The number of aromatic nitrogens is 1. The van der Waals surface area contributed by atoms with E-state index in [0.717, 1.165) is 45.9 Å². The monoisotopic (exact) mass is 594 g/mol. The standard InChI is InChI=1S/C25H28Br2N2O3S/c1-12-11-28-24(33-12)29-20(31)6-3-13-9-19(30)25(2)8-7-14-15(21(13)25)4-5-16-17(14)10-18(26)23(32)22(16)27/h10-11,13-15,21,32H,3-9H2,1-2H3,(H,28,29,31). The molecule has 1 amide bonds. The van der Waals surface area contributed by atoms with Crippen molar-refractivity contribution >= 4 is 60.0 Å². The minimum absolute atomic E-state index is 0.0184. The van der Waals surface area contributed by atoms with Gasteiger partial charge in [-0.05, 0) is 112 Å². The van der Waals surface area contributed by atoms with Gasteiger partial charge in [0.05, 0.1) is 8.95 Å². The number of nitrogens with one attached hydrogen (secondary N) is 1. The summed E-state index contributed by atoms with van der Waals surface area (Å²) >= 11 is 8.61. The number of carbonyl (C=O) groups is 2. The predicted octanol–water partition coefficient (Wildman–Crippen LogP) is 6.75. The zero-order chi connectivity index (χ0) is 23.5. The van der Waals surface area contributed by atoms with Crippen LogP contribution in [0, 0.1) is 30.1 Å². The number of thiazole rings is 1. The number of halogens is 2. The highest BCUT2D eigenvalue weighted by molar-refractivity contribution is 9.11. The number of aromatic hydroxyl groups is 1. The lowest BCUT2D eigenvalue weighted by atomic mass is 9.54. The zero-order valence-corrected chi connectivity index (χ0v) is 22.8. The second-order valence-electron chi connectivity index (χ2n) is 10.1. The largest absolute Gasteiger partial charge is 0.506 e. The molecule has 0 saturated heterocycles. The number of fused-ring (bicyclic) bond motifs is 5. The van der Waals surface area contributed by atoms with Gasteiger partial charge < -0.3 is 10.4 Å². The molecule has 3 aliphatic rings. The van der Waals surface area contributed by atoms with Gasteiger partial charge in [0.1, 0.15) is 11.5 Å². The van der Waals surface area contributed by atoms with E-state index < -0.39 is 0 Å². The predicted molar refractivity (Wildman–Crippen MR) is 137 cm³/mol. The quantitative estimate of drug-likeness (QED) is 0.410. The molecule has 3 aliphatic carbocycles. The number of benzene rings is 1. The highest BCUT2D eigenvalue weighted by Gasteiger charge is 2.58. The molecule has 2 aromatic rings. The van der Waals surface area contributed by atoms with Crippen LogP contribution in [0.2, 0.25) is 0 Å². The van der Waals surface area contributed by atoms with Gasteiger partial charge in [-0.25, -0.2) is 4.98 Å². The fourth-order valence-electron chi connectivity index (χ4n) is 6.87. The molecular weight excluding hydrogens is 568 g/mol. The van der Waals surface area contributed by atoms with E-state index in [1.807, 2.05) is 6.92 Å². The maximum absolute atomic E-state index is 13.2. The van der Waals surface area contributed by atoms with E-state index in [1.165, 1.54) is 22.5 Å². The summed E-state index contributed by atoms with van der Waals surface area (Å²) in [6.07, 6.45) is 7.32. The van der Waals surface area contributed by atoms with E-state index in [4.69, 9.17) is 0 Å². The van der Waals surface area contributed by atoms with E-state index in [-0.39, 0.29) is 23.0 Å². The number of hydrogen-bond acceptors (Lipinski definition) is 5. The lowest BCUT2D eigenvalue weighted by Crippen LogP contribution is -2.44. The molecule has 0 spiro atoms. The van der Waals surface area contributed by atoms with Crippen LogP contribution in [0.15, 0.2) is 21.2 Å². The van der Waals surface area contributed by atoms with E-state index in [2.05, 4.69) is 55.2 Å². The molecule has 5 nitrogen and oxygen atoms in total. The second kappa shape index (κ2) is 8.76. The lowest BCUT2D eigenvalue weighted by Gasteiger charge is -2.50. The molecular formula is C25H28Br2N2O3S. The third kappa shape index (κ3) is 4.00. The van der Waals surface area contributed by atoms with Crippen molar-refractivity contribution in [3.63, 3.8) is 0 Å². The van der Waals surface area contributed by atoms with Gasteiger partial charge in [0.25, 0.3) is 0 Å². The average molecular weight is 596 g/mol. The molecule has 0 aliphatic heterocycles. The van der Waals surface area contributed by atoms with Gasteiger partial charge in [0, 0.05) is 29.3 Å². The summed E-state index contributed by atoms with van der Waals surface area (Å²) in [5, 5.41) is 13.9. The number of anilines is 1. The molecule has 0 bridgehead atoms. The molecule has 1 aromatic heterocycles. The summed E-state index contributed by atoms with van der Waals surface area (Å²) < 4.78 is 1.52. The SMILES string of the molecule is Cc1cnc(NC(=O)CCC2CC(=O)C3(C)CCC4c5cc(Br)c(O)c(Br)c5CCC4C23)s1. The first-order valence-corrected chi connectivity index (χ1v) is 14.0. The van der Waals surface area contributed by atoms with Crippen molar-refractivity contribution < 1.29 is 14.7 Å². The van der Waals surface area contributed by atoms with Crippen LogP contribution in [-0.4, -0.2) is 21.8 Å². The van der Waals surface area contributed by atoms with Crippen molar-refractivity contribution in [3.05, 3.63) is 37.2 Å². The lowest BCUT2D eigenvalue weighted by molar-refractivity contribution is -0.129. The van der Waals surface area contributed by atoms with Crippen LogP contribution in [0.5, 0.6) is 5.75 Å². The van der Waals surface area contributed by atoms with Crippen LogP contribution < -0.4 is 5.32 Å². The summed E-state index contributed by atoms with van der Waals surface area (Å²) in [6, 6.07) is 2.09. The number of nitrogens with zero attached hydrogens (tertiary/aromatic N) is 1. The average Bonchev–Trinajstić information content (AvgIpc) is 3.30. The Labute approximate surface area is 215 Å². The molecule has 2 N–H and O–H groups in total. The molecule has 1 aromatic carbocycles. The van der Waals surface area contributed by atoms with Gasteiger partial charge in [-0.2, -0.15) is 0 Å². The third-order valence-electron chi connectivity index (χ3n) is 8.35. The first-order valence-electron chi connectivity index (χ1n) is 11.6. The van der Waals surface area contributed by atoms with E-state index in [1.54, 1.807) is 6.20 Å². The van der Waals surface area contributed by atoms with Crippen LogP contribution in [0.4, 0.5) is 5.13 Å². The Hall–Kier alpha value is -1.25. The summed E-state index contributed by atoms with van der Waals surface area (Å²) in [6.45, 7) is 4.14. The normalized spacial score (nSPS) is 30.5. The van der Waals surface area contributed by atoms with E-state index in [0.29, 0.717) is 41.5 Å². The number of aryl methyl sites for hydroxylation is 1. The van der Waals surface area contributed by atoms with Crippen LogP contribution >= 0.6 is 43.2 Å². The highest BCUT2D eigenvalue weighted by atomic mass is 79.9. The Balaban J connectivity index is 1.37. The molecule has 176 valence electrons. The molecule has 5 atom stereocenters. The van der Waals surface area contributed by atoms with Gasteiger partial charge in [-0.3, -0.25) is 9.59 Å². The van der Waals surface area contributed by atoms with Crippen molar-refractivity contribution in [2.45, 2.75) is 64.7 Å². The van der Waals surface area contributed by atoms with Crippen molar-refractivity contribution in [1.29, 1.82) is 0 Å². The van der Waals surface area contributed by atoms with Crippen LogP contribution in [0.1, 0.15) is 67.4 Å². The summed E-state index contributed by atoms with van der Waals surface area (Å²) in [7, 11) is 0. The third-order valence-corrected chi connectivity index (χ3v) is 10.6. The van der Waals surface area contributed by atoms with Crippen LogP contribution in [0.3, 0.4) is 0 Å². The molecule has 5 rings (SSSR count). The Morgan fingerprint density at radius 3 is 2.88 bits per heavy atom. The molecule has 2 saturated carbocycles. The molecule has 5 unspecified atom stereocenters. The Bertz CT molecular complexity index is 1130. The number of rotatable bonds is 4. The Kier molecular flexibility index (Phi) is 6.23. The van der Waals surface area contributed by atoms with E-state index >= 15 is 0 Å². The zero-order valence-electron chi connectivity index (χ0n) is 18.8. The second-order valence-corrected chi connectivity index (χ2v) is 13.0. The first kappa shape index (κ1) is 23.5. The molecule has 1 heterocycles. The first-order chi connectivity index (χ1) is 15.7. The summed E-state index contributed by atoms with van der Waals surface area (Å²) in [5.41, 5.74) is 2.23. The molecule has 33 heavy (non-hydrogen) atoms. The van der Waals surface area contributed by atoms with Gasteiger partial charge >= 0.3 is 0 Å². The van der Waals surface area contributed by atoms with Gasteiger partial charge in [-0.15, -0.1) is 11.3 Å². The fraction of sp³-hybridized carbons (Fsp3) is 0.560. The van der Waals surface area contributed by atoms with Gasteiger partial charge in [0.2, 0.25) is 5.91 Å². The maximum Gasteiger partial charge on any atom is 0.226 e. The maximum atomic E-state index is 13.2. The van der Waals surface area contributed by atoms with Crippen molar-refractivity contribution in [1.82, 2.24) is 4.98 Å². The number of Topliss-reactive ketones (excluding diaryl/α,β-unsaturated/α-hetero) is 1. The topological polar surface area (TPSA) is 79.3 Å². The smallest absolute Gasteiger partial charge is 0.226 e. The number of phenolic OH excluding ortho intramolecular Hbond substituents is 1. The summed E-state index contributed by atoms with van der Waals surface area (Å²) in [4.78, 5) is 31.1. The minimum atomic E-state index is -0.280. The van der Waals surface area contributed by atoms with Crippen molar-refractivity contribution in [3.8, 4) is 5.75 Å². The molecule has 0 radical (unpaired) electrons. The number of carbonyl (C=O) groups excluding carboxylic acids is 2. The number of amides is 1. The number of phenols is 1. The highest BCUT2D eigenvalue weighted by Crippen LogP contribution is 2.63. The van der Waals surface area contributed by atoms with Crippen LogP contribution in [-0.2, 0) is 16.0 Å². The minimum Gasteiger partial charge on any atom is -0.506 e. The van der Waals surface area contributed by atoms with E-state index in [9.17, 15) is 14.7 Å². The fourth-order valence-corrected chi connectivity index (χ4v) is 8.91. The molecule has 2 fully saturated rings.